The predicted octanol–water partition coefficient (Wildman–Crippen LogP) is 4.45. The maximum Gasteiger partial charge on any atom is 0.248 e. The highest BCUT2D eigenvalue weighted by molar-refractivity contribution is 6.03. The molecule has 1 atom stereocenters. The lowest BCUT2D eigenvalue weighted by Crippen LogP contribution is -2.20. The maximum atomic E-state index is 12.6. The van der Waals surface area contributed by atoms with Crippen molar-refractivity contribution in [3.63, 3.8) is 0 Å². The lowest BCUT2D eigenvalue weighted by molar-refractivity contribution is -0.117. The first-order valence-electron chi connectivity index (χ1n) is 9.72. The Morgan fingerprint density at radius 2 is 1.73 bits per heavy atom. The molecule has 2 amide bonds. The molecular formula is C24H24N4O2. The summed E-state index contributed by atoms with van der Waals surface area (Å²) in [5, 5.41) is 5.62. The van der Waals surface area contributed by atoms with Crippen LogP contribution in [-0.4, -0.2) is 16.8 Å². The number of hydrogen-bond acceptors (Lipinski definition) is 4. The summed E-state index contributed by atoms with van der Waals surface area (Å²) in [4.78, 5) is 29.0. The highest BCUT2D eigenvalue weighted by Crippen LogP contribution is 2.21. The molecule has 0 aliphatic carbocycles. The van der Waals surface area contributed by atoms with E-state index < -0.39 is 0 Å². The summed E-state index contributed by atoms with van der Waals surface area (Å²) in [6.45, 7) is 1.98. The van der Waals surface area contributed by atoms with Crippen LogP contribution in [0.1, 0.15) is 30.5 Å². The Kier molecular flexibility index (Phi) is 6.95. The molecule has 0 spiro atoms. The van der Waals surface area contributed by atoms with Crippen molar-refractivity contribution in [2.45, 2.75) is 19.3 Å². The fourth-order valence-corrected chi connectivity index (χ4v) is 3.01. The van der Waals surface area contributed by atoms with E-state index in [1.54, 1.807) is 48.7 Å². The van der Waals surface area contributed by atoms with Gasteiger partial charge in [0.05, 0.1) is 34.9 Å². The molecule has 0 radical (unpaired) electrons. The molecular weight excluding hydrogens is 376 g/mol. The number of nitrogens with one attached hydrogen (secondary N) is 2. The zero-order chi connectivity index (χ0) is 21.3. The Bertz CT molecular complexity index is 1030. The average molecular weight is 400 g/mol. The van der Waals surface area contributed by atoms with E-state index in [2.05, 4.69) is 15.6 Å². The highest BCUT2D eigenvalue weighted by atomic mass is 16.2. The van der Waals surface area contributed by atoms with E-state index in [0.29, 0.717) is 29.2 Å². The van der Waals surface area contributed by atoms with Crippen molar-refractivity contribution in [3.8, 4) is 0 Å². The zero-order valence-corrected chi connectivity index (χ0v) is 16.7. The number of para-hydroxylation sites is 2. The minimum atomic E-state index is -0.305. The van der Waals surface area contributed by atoms with Crippen LogP contribution in [0.15, 0.2) is 79.0 Å². The second-order valence-electron chi connectivity index (χ2n) is 6.74. The van der Waals surface area contributed by atoms with Crippen molar-refractivity contribution < 1.29 is 9.59 Å². The quantitative estimate of drug-likeness (QED) is 0.403. The van der Waals surface area contributed by atoms with E-state index in [-0.39, 0.29) is 17.7 Å². The van der Waals surface area contributed by atoms with Crippen LogP contribution >= 0.6 is 0 Å². The summed E-state index contributed by atoms with van der Waals surface area (Å²) in [6.07, 6.45) is 5.25. The Morgan fingerprint density at radius 3 is 2.40 bits per heavy atom. The van der Waals surface area contributed by atoms with Gasteiger partial charge in [-0.1, -0.05) is 49.4 Å². The van der Waals surface area contributed by atoms with E-state index in [4.69, 9.17) is 5.73 Å². The second-order valence-corrected chi connectivity index (χ2v) is 6.74. The van der Waals surface area contributed by atoms with E-state index in [9.17, 15) is 9.59 Å². The van der Waals surface area contributed by atoms with Gasteiger partial charge in [-0.15, -0.1) is 0 Å². The Balaban J connectivity index is 1.59. The minimum absolute atomic E-state index is 0.0754. The van der Waals surface area contributed by atoms with Gasteiger partial charge in [-0.3, -0.25) is 14.6 Å². The molecule has 3 aromatic rings. The van der Waals surface area contributed by atoms with Gasteiger partial charge in [0.25, 0.3) is 0 Å². The fourth-order valence-electron chi connectivity index (χ4n) is 3.01. The van der Waals surface area contributed by atoms with E-state index in [1.165, 1.54) is 6.08 Å². The lowest BCUT2D eigenvalue weighted by atomic mass is 9.95. The monoisotopic (exact) mass is 400 g/mol. The summed E-state index contributed by atoms with van der Waals surface area (Å²) in [5.74, 6) is -0.603. The lowest BCUT2D eigenvalue weighted by Gasteiger charge is -2.15. The number of anilines is 3. The molecule has 0 saturated carbocycles. The van der Waals surface area contributed by atoms with Gasteiger partial charge in [0.15, 0.2) is 0 Å². The molecule has 0 fully saturated rings. The molecule has 0 bridgehead atoms. The third-order valence-corrected chi connectivity index (χ3v) is 4.60. The number of benzene rings is 2. The van der Waals surface area contributed by atoms with Crippen LogP contribution in [0.4, 0.5) is 17.1 Å². The molecule has 1 unspecified atom stereocenters. The van der Waals surface area contributed by atoms with Crippen LogP contribution in [0.5, 0.6) is 0 Å². The SMILES string of the molecule is CCC(C(=O)Nc1ccc(/C=C/C(=O)Nc2ccccc2N)nc1)c1ccccc1. The van der Waals surface area contributed by atoms with Crippen LogP contribution in [0.2, 0.25) is 0 Å². The molecule has 1 heterocycles. The molecule has 152 valence electrons. The molecule has 2 aromatic carbocycles. The molecule has 0 saturated heterocycles. The number of nitrogens with zero attached hydrogens (tertiary/aromatic N) is 1. The fraction of sp³-hybridized carbons (Fsp3) is 0.125. The zero-order valence-electron chi connectivity index (χ0n) is 16.7. The van der Waals surface area contributed by atoms with Gasteiger partial charge in [-0.05, 0) is 42.3 Å². The molecule has 6 heteroatoms. The number of pyridine rings is 1. The number of nitrogens with two attached hydrogens (primary N) is 1. The number of aromatic nitrogens is 1. The van der Waals surface area contributed by atoms with Gasteiger partial charge in [0.1, 0.15) is 0 Å². The summed E-state index contributed by atoms with van der Waals surface area (Å²) >= 11 is 0. The number of rotatable bonds is 7. The van der Waals surface area contributed by atoms with Gasteiger partial charge in [-0.2, -0.15) is 0 Å². The minimum Gasteiger partial charge on any atom is -0.397 e. The molecule has 4 N–H and O–H groups in total. The smallest absolute Gasteiger partial charge is 0.248 e. The Hall–Kier alpha value is -3.93. The van der Waals surface area contributed by atoms with Crippen molar-refractivity contribution in [2.24, 2.45) is 0 Å². The third kappa shape index (κ3) is 5.54. The van der Waals surface area contributed by atoms with E-state index >= 15 is 0 Å². The number of nitrogen functional groups attached to an aromatic ring is 1. The molecule has 6 nitrogen and oxygen atoms in total. The van der Waals surface area contributed by atoms with Crippen LogP contribution in [0, 0.1) is 0 Å². The normalized spacial score (nSPS) is 11.8. The largest absolute Gasteiger partial charge is 0.397 e. The molecule has 30 heavy (non-hydrogen) atoms. The van der Waals surface area contributed by atoms with Crippen LogP contribution in [0.25, 0.3) is 6.08 Å². The summed E-state index contributed by atoms with van der Waals surface area (Å²) in [6, 6.07) is 20.2. The van der Waals surface area contributed by atoms with Crippen molar-refractivity contribution in [1.82, 2.24) is 4.98 Å². The van der Waals surface area contributed by atoms with E-state index in [0.717, 1.165) is 5.56 Å². The molecule has 1 aromatic heterocycles. The first-order valence-corrected chi connectivity index (χ1v) is 9.72. The van der Waals surface area contributed by atoms with Gasteiger partial charge >= 0.3 is 0 Å². The predicted molar refractivity (Wildman–Crippen MR) is 121 cm³/mol. The van der Waals surface area contributed by atoms with E-state index in [1.807, 2.05) is 37.3 Å². The van der Waals surface area contributed by atoms with Crippen LogP contribution in [-0.2, 0) is 9.59 Å². The number of carbonyl (C=O) groups excluding carboxylic acids is 2. The summed E-state index contributed by atoms with van der Waals surface area (Å²) in [7, 11) is 0. The first kappa shape index (κ1) is 20.8. The van der Waals surface area contributed by atoms with Gasteiger partial charge in [-0.25, -0.2) is 0 Å². The Labute approximate surface area is 175 Å². The number of carbonyl (C=O) groups is 2. The van der Waals surface area contributed by atoms with Gasteiger partial charge in [0.2, 0.25) is 11.8 Å². The molecule has 0 aliphatic heterocycles. The number of amides is 2. The van der Waals surface area contributed by atoms with Gasteiger partial charge < -0.3 is 16.4 Å². The van der Waals surface area contributed by atoms with Crippen molar-refractivity contribution in [1.29, 1.82) is 0 Å². The van der Waals surface area contributed by atoms with Crippen molar-refractivity contribution in [2.75, 3.05) is 16.4 Å². The first-order chi connectivity index (χ1) is 14.6. The standard InChI is InChI=1S/C24H24N4O2/c1-2-20(17-8-4-3-5-9-17)24(30)27-19-13-12-18(26-16-19)14-15-23(29)28-22-11-7-6-10-21(22)25/h3-16,20H,2,25H2,1H3,(H,27,30)(H,28,29)/b15-14+. The molecule has 3 rings (SSSR count). The van der Waals surface area contributed by atoms with Crippen molar-refractivity contribution >= 4 is 35.0 Å². The Morgan fingerprint density at radius 1 is 1.00 bits per heavy atom. The van der Waals surface area contributed by atoms with Crippen LogP contribution in [0.3, 0.4) is 0 Å². The highest BCUT2D eigenvalue weighted by Gasteiger charge is 2.18. The maximum absolute atomic E-state index is 12.6. The second kappa shape index (κ2) is 10.0. The summed E-state index contributed by atoms with van der Waals surface area (Å²) < 4.78 is 0. The topological polar surface area (TPSA) is 97.1 Å². The summed E-state index contributed by atoms with van der Waals surface area (Å²) in [5.41, 5.74) is 9.05. The van der Waals surface area contributed by atoms with Gasteiger partial charge in [0, 0.05) is 6.08 Å². The number of hydrogen-bond donors (Lipinski definition) is 3. The molecule has 0 aliphatic rings. The third-order valence-electron chi connectivity index (χ3n) is 4.60. The van der Waals surface area contributed by atoms with Crippen molar-refractivity contribution in [3.05, 3.63) is 90.3 Å². The van der Waals surface area contributed by atoms with Crippen LogP contribution < -0.4 is 16.4 Å². The average Bonchev–Trinajstić information content (AvgIpc) is 2.76.